The fraction of sp³-hybridized carbons (Fsp3) is 0.714. The topological polar surface area (TPSA) is 0 Å². The summed E-state index contributed by atoms with van der Waals surface area (Å²) in [7, 11) is 0. The summed E-state index contributed by atoms with van der Waals surface area (Å²) in [5.74, 6) is 0.674. The van der Waals surface area contributed by atoms with Crippen LogP contribution >= 0.6 is 0 Å². The molecule has 1 heteroatoms. The molecule has 8 heavy (non-hydrogen) atoms. The van der Waals surface area contributed by atoms with E-state index in [2.05, 4.69) is 6.92 Å². The highest BCUT2D eigenvalue weighted by Crippen LogP contribution is 2.30. The van der Waals surface area contributed by atoms with Crippen LogP contribution in [0, 0.1) is 5.92 Å². The minimum atomic E-state index is 0.123. The van der Waals surface area contributed by atoms with Crippen LogP contribution in [0.1, 0.15) is 26.7 Å². The van der Waals surface area contributed by atoms with Gasteiger partial charge < -0.3 is 0 Å². The number of hydrogen-bond acceptors (Lipinski definition) is 0. The lowest BCUT2D eigenvalue weighted by Gasteiger charge is -1.94. The van der Waals surface area contributed by atoms with Gasteiger partial charge in [-0.3, -0.25) is 0 Å². The van der Waals surface area contributed by atoms with Crippen molar-refractivity contribution < 1.29 is 4.39 Å². The van der Waals surface area contributed by atoms with Gasteiger partial charge >= 0.3 is 0 Å². The van der Waals surface area contributed by atoms with E-state index in [4.69, 9.17) is 0 Å². The average Bonchev–Trinajstić information content (AvgIpc) is 1.85. The van der Waals surface area contributed by atoms with Crippen molar-refractivity contribution in [3.05, 3.63) is 11.4 Å². The molecule has 1 atom stereocenters. The van der Waals surface area contributed by atoms with Gasteiger partial charge in [0.1, 0.15) is 0 Å². The van der Waals surface area contributed by atoms with Gasteiger partial charge in [-0.05, 0) is 24.8 Å². The molecule has 0 aromatic rings. The maximum atomic E-state index is 12.4. The SMILES string of the molecule is CC1=C(F)CC(C)C1. The van der Waals surface area contributed by atoms with Gasteiger partial charge in [-0.25, -0.2) is 4.39 Å². The van der Waals surface area contributed by atoms with Gasteiger partial charge in [0, 0.05) is 6.42 Å². The monoisotopic (exact) mass is 114 g/mol. The second kappa shape index (κ2) is 1.88. The van der Waals surface area contributed by atoms with E-state index in [1.807, 2.05) is 6.92 Å². The van der Waals surface area contributed by atoms with E-state index < -0.39 is 0 Å². The molecular formula is C7H11F. The van der Waals surface area contributed by atoms with Crippen LogP contribution in [0.4, 0.5) is 4.39 Å². The van der Waals surface area contributed by atoms with E-state index in [9.17, 15) is 4.39 Å². The lowest BCUT2D eigenvalue weighted by atomic mass is 10.1. The van der Waals surface area contributed by atoms with E-state index in [1.165, 1.54) is 0 Å². The Bertz CT molecular complexity index is 110. The number of hydrogen-bond donors (Lipinski definition) is 0. The summed E-state index contributed by atoms with van der Waals surface area (Å²) in [5, 5.41) is 0. The van der Waals surface area contributed by atoms with Crippen molar-refractivity contribution in [1.82, 2.24) is 0 Å². The van der Waals surface area contributed by atoms with E-state index in [-0.39, 0.29) is 5.83 Å². The zero-order chi connectivity index (χ0) is 6.15. The van der Waals surface area contributed by atoms with Gasteiger partial charge in [0.05, 0.1) is 5.83 Å². The fourth-order valence-corrected chi connectivity index (χ4v) is 1.19. The Morgan fingerprint density at radius 2 is 2.12 bits per heavy atom. The van der Waals surface area contributed by atoms with Crippen LogP contribution in [0.2, 0.25) is 0 Å². The highest BCUT2D eigenvalue weighted by Gasteiger charge is 2.16. The lowest BCUT2D eigenvalue weighted by Crippen LogP contribution is -1.82. The number of allylic oxidation sites excluding steroid dienone is 2. The van der Waals surface area contributed by atoms with E-state index in [1.54, 1.807) is 0 Å². The minimum absolute atomic E-state index is 0.123. The standard InChI is InChI=1S/C7H11F/c1-5-3-6(2)7(8)4-5/h5H,3-4H2,1-2H3. The molecule has 1 aliphatic carbocycles. The molecule has 0 N–H and O–H groups in total. The van der Waals surface area contributed by atoms with Crippen molar-refractivity contribution in [2.24, 2.45) is 5.92 Å². The van der Waals surface area contributed by atoms with Crippen molar-refractivity contribution in [3.8, 4) is 0 Å². The third-order valence-electron chi connectivity index (χ3n) is 1.65. The maximum Gasteiger partial charge on any atom is 0.0991 e. The smallest absolute Gasteiger partial charge is 0.0991 e. The van der Waals surface area contributed by atoms with E-state index >= 15 is 0 Å². The maximum absolute atomic E-state index is 12.4. The molecule has 0 heterocycles. The predicted octanol–water partition coefficient (Wildman–Crippen LogP) is 2.66. The molecule has 0 amide bonds. The Labute approximate surface area is 49.4 Å². The average molecular weight is 114 g/mol. The first-order valence-electron chi connectivity index (χ1n) is 3.04. The second-order valence-corrected chi connectivity index (χ2v) is 2.70. The van der Waals surface area contributed by atoms with Gasteiger partial charge in [-0.15, -0.1) is 0 Å². The molecule has 0 aromatic heterocycles. The van der Waals surface area contributed by atoms with Crippen molar-refractivity contribution in [3.63, 3.8) is 0 Å². The molecule has 46 valence electrons. The molecule has 0 aromatic carbocycles. The first kappa shape index (κ1) is 5.80. The fourth-order valence-electron chi connectivity index (χ4n) is 1.19. The third kappa shape index (κ3) is 0.908. The Morgan fingerprint density at radius 3 is 2.25 bits per heavy atom. The molecular weight excluding hydrogens is 103 g/mol. The predicted molar refractivity (Wildman–Crippen MR) is 32.2 cm³/mol. The Balaban J connectivity index is 2.60. The van der Waals surface area contributed by atoms with Crippen LogP contribution in [0.5, 0.6) is 0 Å². The molecule has 0 saturated carbocycles. The van der Waals surface area contributed by atoms with Crippen molar-refractivity contribution in [1.29, 1.82) is 0 Å². The minimum Gasteiger partial charge on any atom is -0.212 e. The van der Waals surface area contributed by atoms with Gasteiger partial charge in [0.2, 0.25) is 0 Å². The van der Waals surface area contributed by atoms with Crippen LogP contribution in [-0.4, -0.2) is 0 Å². The van der Waals surface area contributed by atoms with E-state index in [0.29, 0.717) is 12.3 Å². The molecule has 0 radical (unpaired) electrons. The van der Waals surface area contributed by atoms with Gasteiger partial charge in [0.15, 0.2) is 0 Å². The molecule has 0 saturated heterocycles. The Hall–Kier alpha value is -0.330. The first-order valence-corrected chi connectivity index (χ1v) is 3.04. The summed E-state index contributed by atoms with van der Waals surface area (Å²) in [6.07, 6.45) is 1.64. The Kier molecular flexibility index (Phi) is 1.37. The zero-order valence-electron chi connectivity index (χ0n) is 5.37. The van der Waals surface area contributed by atoms with Crippen LogP contribution in [0.15, 0.2) is 11.4 Å². The normalized spacial score (nSPS) is 29.6. The van der Waals surface area contributed by atoms with Crippen LogP contribution in [0.3, 0.4) is 0 Å². The second-order valence-electron chi connectivity index (χ2n) is 2.70. The van der Waals surface area contributed by atoms with Gasteiger partial charge in [0.25, 0.3) is 0 Å². The summed E-state index contributed by atoms with van der Waals surface area (Å²) < 4.78 is 12.4. The van der Waals surface area contributed by atoms with Gasteiger partial charge in [-0.1, -0.05) is 6.92 Å². The summed E-state index contributed by atoms with van der Waals surface area (Å²) in [6, 6.07) is 0. The molecule has 0 fully saturated rings. The first-order chi connectivity index (χ1) is 3.70. The third-order valence-corrected chi connectivity index (χ3v) is 1.65. The van der Waals surface area contributed by atoms with Crippen molar-refractivity contribution in [2.45, 2.75) is 26.7 Å². The molecule has 1 rings (SSSR count). The molecule has 0 nitrogen and oxygen atoms in total. The number of rotatable bonds is 0. The highest BCUT2D eigenvalue weighted by atomic mass is 19.1. The molecule has 0 bridgehead atoms. The summed E-state index contributed by atoms with van der Waals surface area (Å²) >= 11 is 0. The van der Waals surface area contributed by atoms with Crippen molar-refractivity contribution in [2.75, 3.05) is 0 Å². The quantitative estimate of drug-likeness (QED) is 0.454. The van der Waals surface area contributed by atoms with Crippen LogP contribution < -0.4 is 0 Å². The van der Waals surface area contributed by atoms with Crippen LogP contribution in [0.25, 0.3) is 0 Å². The number of halogens is 1. The highest BCUT2D eigenvalue weighted by molar-refractivity contribution is 5.12. The molecule has 0 spiro atoms. The summed E-state index contributed by atoms with van der Waals surface area (Å²) in [4.78, 5) is 0. The largest absolute Gasteiger partial charge is 0.212 e. The molecule has 0 aliphatic heterocycles. The molecule has 1 unspecified atom stereocenters. The van der Waals surface area contributed by atoms with Gasteiger partial charge in [-0.2, -0.15) is 0 Å². The van der Waals surface area contributed by atoms with Crippen molar-refractivity contribution >= 4 is 0 Å². The summed E-state index contributed by atoms with van der Waals surface area (Å²) in [6.45, 7) is 3.95. The lowest BCUT2D eigenvalue weighted by molar-refractivity contribution is 0.540. The summed E-state index contributed by atoms with van der Waals surface area (Å²) in [5.41, 5.74) is 0.956. The molecule has 1 aliphatic rings. The Morgan fingerprint density at radius 1 is 1.50 bits per heavy atom. The van der Waals surface area contributed by atoms with E-state index in [0.717, 1.165) is 12.0 Å². The zero-order valence-corrected chi connectivity index (χ0v) is 5.37. The van der Waals surface area contributed by atoms with Crippen LogP contribution in [-0.2, 0) is 0 Å².